The molecule has 0 amide bonds. The molecule has 2 saturated heterocycles. The maximum Gasteiger partial charge on any atom is 0.225 e. The van der Waals surface area contributed by atoms with Gasteiger partial charge in [0.05, 0.1) is 0 Å². The van der Waals surface area contributed by atoms with Crippen LogP contribution in [0.2, 0.25) is 0 Å². The quantitative estimate of drug-likeness (QED) is 0.584. The van der Waals surface area contributed by atoms with Crippen molar-refractivity contribution >= 4 is 0 Å². The van der Waals surface area contributed by atoms with Gasteiger partial charge < -0.3 is 9.47 Å². The van der Waals surface area contributed by atoms with Crippen LogP contribution < -0.4 is 0 Å². The van der Waals surface area contributed by atoms with E-state index in [1.54, 1.807) is 0 Å². The monoisotopic (exact) mass is 156 g/mol. The number of hydrogen-bond donors (Lipinski definition) is 0. The minimum Gasteiger partial charge on any atom is -0.336 e. The molecule has 1 spiro atoms. The first kappa shape index (κ1) is 7.56. The Balaban J connectivity index is 1.79. The number of hydrogen-bond acceptors (Lipinski definition) is 2. The lowest BCUT2D eigenvalue weighted by molar-refractivity contribution is 0.240. The maximum absolute atomic E-state index is 5.51. The molecular weight excluding hydrogens is 140 g/mol. The lowest BCUT2D eigenvalue weighted by Crippen LogP contribution is -2.07. The summed E-state index contributed by atoms with van der Waals surface area (Å²) in [5, 5.41) is 0. The first-order chi connectivity index (χ1) is 5.12. The highest BCUT2D eigenvalue weighted by molar-refractivity contribution is 5.18. The van der Waals surface area contributed by atoms with E-state index in [2.05, 4.69) is 20.8 Å². The van der Waals surface area contributed by atoms with Crippen LogP contribution in [0, 0.1) is 0 Å². The topological polar surface area (TPSA) is 25.1 Å². The van der Waals surface area contributed by atoms with Crippen molar-refractivity contribution in [1.82, 2.24) is 0 Å². The minimum absolute atomic E-state index is 0.00537. The second kappa shape index (κ2) is 1.99. The summed E-state index contributed by atoms with van der Waals surface area (Å²) < 4.78 is 11.0. The van der Waals surface area contributed by atoms with Gasteiger partial charge in [-0.05, 0) is 20.3 Å². The highest BCUT2D eigenvalue weighted by Gasteiger charge is 2.81. The molecule has 0 N–H and O–H groups in total. The van der Waals surface area contributed by atoms with Gasteiger partial charge >= 0.3 is 0 Å². The van der Waals surface area contributed by atoms with Crippen LogP contribution in [0.25, 0.3) is 0 Å². The second-order valence-corrected chi connectivity index (χ2v) is 4.03. The van der Waals surface area contributed by atoms with Gasteiger partial charge in [0.15, 0.2) is 0 Å². The van der Waals surface area contributed by atoms with Crippen LogP contribution in [0.15, 0.2) is 0 Å². The average Bonchev–Trinajstić information content (AvgIpc) is 2.71. The minimum atomic E-state index is -0.137. The van der Waals surface area contributed by atoms with Crippen LogP contribution in [0.4, 0.5) is 0 Å². The molecule has 0 unspecified atom stereocenters. The molecule has 2 aliphatic rings. The van der Waals surface area contributed by atoms with E-state index < -0.39 is 0 Å². The van der Waals surface area contributed by atoms with E-state index in [0.29, 0.717) is 6.10 Å². The lowest BCUT2D eigenvalue weighted by atomic mass is 10.0. The molecule has 2 heterocycles. The largest absolute Gasteiger partial charge is 0.336 e. The van der Waals surface area contributed by atoms with Crippen molar-refractivity contribution in [2.24, 2.45) is 0 Å². The normalized spacial score (nSPS) is 44.5. The molecule has 0 saturated carbocycles. The molecule has 0 aliphatic carbocycles. The fraction of sp³-hybridized carbons (Fsp3) is 1.00. The molecule has 2 rings (SSSR count). The van der Waals surface area contributed by atoms with Crippen LogP contribution in [-0.4, -0.2) is 17.5 Å². The van der Waals surface area contributed by atoms with Gasteiger partial charge in [0, 0.05) is 0 Å². The SMILES string of the molecule is CCCC[C@H]1O[C@@]12OC2(C)C. The lowest BCUT2D eigenvalue weighted by Gasteiger charge is -1.89. The second-order valence-electron chi connectivity index (χ2n) is 4.03. The van der Waals surface area contributed by atoms with Crippen molar-refractivity contribution in [3.8, 4) is 0 Å². The Morgan fingerprint density at radius 2 is 2.00 bits per heavy atom. The van der Waals surface area contributed by atoms with Crippen LogP contribution in [0.3, 0.4) is 0 Å². The van der Waals surface area contributed by atoms with Crippen LogP contribution in [0.5, 0.6) is 0 Å². The third-order valence-corrected chi connectivity index (χ3v) is 2.71. The predicted molar refractivity (Wildman–Crippen MR) is 42.3 cm³/mol. The number of epoxide rings is 2. The summed E-state index contributed by atoms with van der Waals surface area (Å²) in [5.74, 6) is -0.137. The molecule has 0 radical (unpaired) electrons. The highest BCUT2D eigenvalue weighted by atomic mass is 16.9. The van der Waals surface area contributed by atoms with Crippen molar-refractivity contribution in [2.75, 3.05) is 0 Å². The van der Waals surface area contributed by atoms with Gasteiger partial charge in [-0.3, -0.25) is 0 Å². The van der Waals surface area contributed by atoms with E-state index in [-0.39, 0.29) is 11.4 Å². The molecule has 0 aromatic carbocycles. The van der Waals surface area contributed by atoms with E-state index in [1.165, 1.54) is 19.3 Å². The summed E-state index contributed by atoms with van der Waals surface area (Å²) in [5.41, 5.74) is 0.00537. The van der Waals surface area contributed by atoms with Gasteiger partial charge in [-0.15, -0.1) is 0 Å². The van der Waals surface area contributed by atoms with E-state index in [9.17, 15) is 0 Å². The van der Waals surface area contributed by atoms with Crippen LogP contribution >= 0.6 is 0 Å². The van der Waals surface area contributed by atoms with E-state index >= 15 is 0 Å². The first-order valence-corrected chi connectivity index (χ1v) is 4.50. The molecule has 2 atom stereocenters. The molecule has 2 nitrogen and oxygen atoms in total. The van der Waals surface area contributed by atoms with E-state index in [0.717, 1.165) is 0 Å². The average molecular weight is 156 g/mol. The van der Waals surface area contributed by atoms with Crippen molar-refractivity contribution in [2.45, 2.75) is 57.5 Å². The molecule has 0 aromatic heterocycles. The molecule has 0 aromatic rings. The number of ether oxygens (including phenoxy) is 2. The fourth-order valence-corrected chi connectivity index (χ4v) is 1.79. The summed E-state index contributed by atoms with van der Waals surface area (Å²) in [4.78, 5) is 0. The summed E-state index contributed by atoms with van der Waals surface area (Å²) in [6.45, 7) is 6.39. The van der Waals surface area contributed by atoms with Gasteiger partial charge in [0.1, 0.15) is 11.7 Å². The predicted octanol–water partition coefficient (Wildman–Crippen LogP) is 2.08. The Hall–Kier alpha value is -0.0800. The van der Waals surface area contributed by atoms with Crippen molar-refractivity contribution in [3.63, 3.8) is 0 Å². The number of rotatable bonds is 3. The standard InChI is InChI=1S/C9H16O2/c1-4-5-6-7-9(10-7)8(2,3)11-9/h7H,4-6H2,1-3H3/t7-,9-/m1/s1. The summed E-state index contributed by atoms with van der Waals surface area (Å²) in [6.07, 6.45) is 4.07. The smallest absolute Gasteiger partial charge is 0.225 e. The zero-order valence-electron chi connectivity index (χ0n) is 7.52. The molecule has 2 fully saturated rings. The van der Waals surface area contributed by atoms with Crippen LogP contribution in [-0.2, 0) is 9.47 Å². The molecule has 11 heavy (non-hydrogen) atoms. The summed E-state index contributed by atoms with van der Waals surface area (Å²) >= 11 is 0. The fourth-order valence-electron chi connectivity index (χ4n) is 1.79. The van der Waals surface area contributed by atoms with Gasteiger partial charge in [0.2, 0.25) is 5.79 Å². The van der Waals surface area contributed by atoms with E-state index in [4.69, 9.17) is 9.47 Å². The van der Waals surface area contributed by atoms with Gasteiger partial charge in [0.25, 0.3) is 0 Å². The Morgan fingerprint density at radius 3 is 2.36 bits per heavy atom. The van der Waals surface area contributed by atoms with Gasteiger partial charge in [-0.1, -0.05) is 19.8 Å². The molecule has 64 valence electrons. The van der Waals surface area contributed by atoms with Crippen LogP contribution in [0.1, 0.15) is 40.0 Å². The zero-order chi connectivity index (χ0) is 8.11. The van der Waals surface area contributed by atoms with Gasteiger partial charge in [-0.2, -0.15) is 0 Å². The summed E-state index contributed by atoms with van der Waals surface area (Å²) in [7, 11) is 0. The summed E-state index contributed by atoms with van der Waals surface area (Å²) in [6, 6.07) is 0. The Morgan fingerprint density at radius 1 is 1.36 bits per heavy atom. The first-order valence-electron chi connectivity index (χ1n) is 4.50. The third kappa shape index (κ3) is 0.926. The molecule has 0 bridgehead atoms. The molecular formula is C9H16O2. The molecule has 2 heteroatoms. The Labute approximate surface area is 67.9 Å². The van der Waals surface area contributed by atoms with Gasteiger partial charge in [-0.25, -0.2) is 0 Å². The van der Waals surface area contributed by atoms with E-state index in [1.807, 2.05) is 0 Å². The molecule has 2 aliphatic heterocycles. The maximum atomic E-state index is 5.51. The number of unbranched alkanes of at least 4 members (excludes halogenated alkanes) is 1. The van der Waals surface area contributed by atoms with Crippen molar-refractivity contribution in [1.29, 1.82) is 0 Å². The third-order valence-electron chi connectivity index (χ3n) is 2.71. The van der Waals surface area contributed by atoms with Crippen molar-refractivity contribution in [3.05, 3.63) is 0 Å². The highest BCUT2D eigenvalue weighted by Crippen LogP contribution is 2.63. The Kier molecular flexibility index (Phi) is 1.37. The van der Waals surface area contributed by atoms with Crippen molar-refractivity contribution < 1.29 is 9.47 Å². The Bertz CT molecular complexity index is 176. The zero-order valence-corrected chi connectivity index (χ0v) is 7.52.